The summed E-state index contributed by atoms with van der Waals surface area (Å²) in [6.45, 7) is 6.58. The van der Waals surface area contributed by atoms with Gasteiger partial charge in [-0.1, -0.05) is 339 Å². The predicted molar refractivity (Wildman–Crippen MR) is 335 cm³/mol. The van der Waals surface area contributed by atoms with Crippen LogP contribution in [-0.4, -0.2) is 37.2 Å². The Labute approximate surface area is 479 Å². The maximum absolute atomic E-state index is 12.9. The van der Waals surface area contributed by atoms with E-state index in [9.17, 15) is 14.4 Å². The molecule has 6 heteroatoms. The van der Waals surface area contributed by atoms with E-state index < -0.39 is 6.10 Å². The van der Waals surface area contributed by atoms with Gasteiger partial charge in [-0.3, -0.25) is 14.4 Å². The summed E-state index contributed by atoms with van der Waals surface area (Å²) in [4.78, 5) is 38.3. The average molecular weight is 1080 g/mol. The largest absolute Gasteiger partial charge is 0.462 e. The fourth-order valence-electron chi connectivity index (χ4n) is 10.3. The molecule has 0 aliphatic rings. The van der Waals surface area contributed by atoms with Crippen LogP contribution in [0.3, 0.4) is 0 Å². The molecule has 0 aromatic heterocycles. The summed E-state index contributed by atoms with van der Waals surface area (Å²) in [5, 5.41) is 0. The first-order chi connectivity index (χ1) is 38.0. The maximum atomic E-state index is 12.9. The molecule has 0 aliphatic heterocycles. The Balaban J connectivity index is 4.11. The molecule has 0 fully saturated rings. The highest BCUT2D eigenvalue weighted by Gasteiger charge is 2.19. The van der Waals surface area contributed by atoms with Gasteiger partial charge in [0.15, 0.2) is 6.10 Å². The molecule has 0 aliphatic carbocycles. The lowest BCUT2D eigenvalue weighted by molar-refractivity contribution is -0.167. The number of esters is 3. The molecule has 77 heavy (non-hydrogen) atoms. The van der Waals surface area contributed by atoms with Crippen LogP contribution in [0, 0.1) is 0 Å². The van der Waals surface area contributed by atoms with Gasteiger partial charge in [0.1, 0.15) is 13.2 Å². The Morgan fingerprint density at radius 3 is 0.792 bits per heavy atom. The first-order valence-corrected chi connectivity index (χ1v) is 34.1. The normalized spacial score (nSPS) is 12.3. The molecule has 0 N–H and O–H groups in total. The highest BCUT2D eigenvalue weighted by molar-refractivity contribution is 5.71. The number of hydrogen-bond acceptors (Lipinski definition) is 6. The SMILES string of the molecule is CC/C=C\C/C=C\C/C=C\C/C=C\CCCCCCCCCCCCCCCCCCCCC(=O)OCC(COC(=O)CCCCCCCCCCCCC)OC(=O)CCCCCCCCCCCCCCCCCCC. The fraction of sp³-hybridized carbons (Fsp3) is 0.845. The van der Waals surface area contributed by atoms with Crippen molar-refractivity contribution in [2.45, 2.75) is 374 Å². The third kappa shape index (κ3) is 64.1. The van der Waals surface area contributed by atoms with E-state index in [1.807, 2.05) is 0 Å². The third-order valence-electron chi connectivity index (χ3n) is 15.3. The van der Waals surface area contributed by atoms with Gasteiger partial charge in [-0.15, -0.1) is 0 Å². The van der Waals surface area contributed by atoms with E-state index in [1.54, 1.807) is 0 Å². The van der Waals surface area contributed by atoms with E-state index in [4.69, 9.17) is 14.2 Å². The van der Waals surface area contributed by atoms with Crippen molar-refractivity contribution >= 4 is 17.9 Å². The van der Waals surface area contributed by atoms with Gasteiger partial charge in [0.2, 0.25) is 0 Å². The molecule has 0 saturated heterocycles. The summed E-state index contributed by atoms with van der Waals surface area (Å²) in [6.07, 6.45) is 82.9. The molecule has 0 aromatic rings. The standard InChI is InChI=1S/C71H130O6/c1-4-7-10-13-16-19-22-24-26-28-29-30-31-32-33-34-35-36-37-38-39-40-41-43-44-46-49-52-55-58-61-64-70(73)76-67-68(66-75-69(72)63-60-57-54-51-48-21-18-15-12-9-6-3)77-71(74)65-62-59-56-53-50-47-45-42-27-25-23-20-17-14-11-8-5-2/h7,10,16,19,24,26,29-30,68H,4-6,8-9,11-15,17-18,20-23,25,27-28,31-67H2,1-3H3/b10-7-,19-16-,26-24-,30-29-. The summed E-state index contributed by atoms with van der Waals surface area (Å²) in [7, 11) is 0. The second-order valence-electron chi connectivity index (χ2n) is 23.1. The zero-order valence-electron chi connectivity index (χ0n) is 51.7. The second kappa shape index (κ2) is 65.9. The lowest BCUT2D eigenvalue weighted by atomic mass is 10.0. The van der Waals surface area contributed by atoms with E-state index in [2.05, 4.69) is 69.4 Å². The van der Waals surface area contributed by atoms with Gasteiger partial charge in [-0.25, -0.2) is 0 Å². The maximum Gasteiger partial charge on any atom is 0.306 e. The van der Waals surface area contributed by atoms with E-state index in [0.29, 0.717) is 19.3 Å². The fourth-order valence-corrected chi connectivity index (χ4v) is 10.3. The number of allylic oxidation sites excluding steroid dienone is 8. The molecule has 0 saturated carbocycles. The molecule has 1 unspecified atom stereocenters. The Hall–Kier alpha value is -2.63. The van der Waals surface area contributed by atoms with Crippen LogP contribution in [0.15, 0.2) is 48.6 Å². The summed E-state index contributed by atoms with van der Waals surface area (Å²) in [5.74, 6) is -0.838. The van der Waals surface area contributed by atoms with Crippen molar-refractivity contribution in [3.05, 3.63) is 48.6 Å². The Morgan fingerprint density at radius 1 is 0.273 bits per heavy atom. The van der Waals surface area contributed by atoms with Crippen molar-refractivity contribution in [2.24, 2.45) is 0 Å². The molecule has 450 valence electrons. The van der Waals surface area contributed by atoms with Crippen molar-refractivity contribution in [3.63, 3.8) is 0 Å². The Bertz CT molecular complexity index is 1330. The minimum atomic E-state index is -0.767. The van der Waals surface area contributed by atoms with Crippen LogP contribution in [0.4, 0.5) is 0 Å². The molecule has 1 atom stereocenters. The van der Waals surface area contributed by atoms with Crippen LogP contribution in [-0.2, 0) is 28.6 Å². The van der Waals surface area contributed by atoms with Gasteiger partial charge in [-0.05, 0) is 57.8 Å². The number of carbonyl (C=O) groups excluding carboxylic acids is 3. The summed E-state index contributed by atoms with van der Waals surface area (Å²) >= 11 is 0. The minimum Gasteiger partial charge on any atom is -0.462 e. The molecule has 0 aromatic carbocycles. The zero-order valence-corrected chi connectivity index (χ0v) is 51.7. The topological polar surface area (TPSA) is 78.9 Å². The smallest absolute Gasteiger partial charge is 0.306 e. The first-order valence-electron chi connectivity index (χ1n) is 34.1. The van der Waals surface area contributed by atoms with Gasteiger partial charge in [0.05, 0.1) is 0 Å². The summed E-state index contributed by atoms with van der Waals surface area (Å²) in [5.41, 5.74) is 0. The van der Waals surface area contributed by atoms with Gasteiger partial charge >= 0.3 is 17.9 Å². The molecule has 0 amide bonds. The van der Waals surface area contributed by atoms with Crippen LogP contribution in [0.1, 0.15) is 367 Å². The van der Waals surface area contributed by atoms with E-state index in [-0.39, 0.29) is 31.1 Å². The molecule has 0 bridgehead atoms. The molecule has 0 radical (unpaired) electrons. The van der Waals surface area contributed by atoms with Gasteiger partial charge in [-0.2, -0.15) is 0 Å². The van der Waals surface area contributed by atoms with Crippen LogP contribution in [0.5, 0.6) is 0 Å². The van der Waals surface area contributed by atoms with Crippen molar-refractivity contribution in [3.8, 4) is 0 Å². The monoisotopic (exact) mass is 1080 g/mol. The lowest BCUT2D eigenvalue weighted by Gasteiger charge is -2.18. The van der Waals surface area contributed by atoms with E-state index in [1.165, 1.54) is 244 Å². The molecular formula is C71H130O6. The number of ether oxygens (including phenoxy) is 3. The van der Waals surface area contributed by atoms with E-state index in [0.717, 1.165) is 83.5 Å². The zero-order chi connectivity index (χ0) is 55.7. The van der Waals surface area contributed by atoms with Crippen molar-refractivity contribution < 1.29 is 28.6 Å². The highest BCUT2D eigenvalue weighted by Crippen LogP contribution is 2.18. The minimum absolute atomic E-state index is 0.0652. The second-order valence-corrected chi connectivity index (χ2v) is 23.1. The molecule has 0 spiro atoms. The van der Waals surface area contributed by atoms with Crippen LogP contribution in [0.2, 0.25) is 0 Å². The number of hydrogen-bond donors (Lipinski definition) is 0. The summed E-state index contributed by atoms with van der Waals surface area (Å²) < 4.78 is 16.9. The third-order valence-corrected chi connectivity index (χ3v) is 15.3. The van der Waals surface area contributed by atoms with Gasteiger partial charge < -0.3 is 14.2 Å². The average Bonchev–Trinajstić information content (AvgIpc) is 3.43. The van der Waals surface area contributed by atoms with E-state index >= 15 is 0 Å². The Kier molecular flexibility index (Phi) is 63.6. The first kappa shape index (κ1) is 74.4. The van der Waals surface area contributed by atoms with Crippen LogP contribution >= 0.6 is 0 Å². The lowest BCUT2D eigenvalue weighted by Crippen LogP contribution is -2.30. The molecule has 0 heterocycles. The number of rotatable bonds is 63. The highest BCUT2D eigenvalue weighted by atomic mass is 16.6. The quantitative estimate of drug-likeness (QED) is 0.0261. The van der Waals surface area contributed by atoms with Crippen molar-refractivity contribution in [2.75, 3.05) is 13.2 Å². The summed E-state index contributed by atoms with van der Waals surface area (Å²) in [6, 6.07) is 0. The molecule has 6 nitrogen and oxygen atoms in total. The van der Waals surface area contributed by atoms with Crippen LogP contribution in [0.25, 0.3) is 0 Å². The van der Waals surface area contributed by atoms with Crippen molar-refractivity contribution in [1.29, 1.82) is 0 Å². The number of unbranched alkanes of at least 4 members (excludes halogenated alkanes) is 44. The van der Waals surface area contributed by atoms with Gasteiger partial charge in [0.25, 0.3) is 0 Å². The number of carbonyl (C=O) groups is 3. The van der Waals surface area contributed by atoms with Gasteiger partial charge in [0, 0.05) is 19.3 Å². The predicted octanol–water partition coefficient (Wildman–Crippen LogP) is 23.3. The van der Waals surface area contributed by atoms with Crippen LogP contribution < -0.4 is 0 Å². The molecule has 0 rings (SSSR count). The Morgan fingerprint density at radius 2 is 0.506 bits per heavy atom. The van der Waals surface area contributed by atoms with Crippen molar-refractivity contribution in [1.82, 2.24) is 0 Å². The molecular weight excluding hydrogens is 949 g/mol.